The number of carbonyl (C=O) groups is 1. The molecular weight excluding hydrogens is 192 g/mol. The van der Waals surface area contributed by atoms with Crippen LogP contribution in [0.1, 0.15) is 17.3 Å². The molecule has 3 nitrogen and oxygen atoms in total. The quantitative estimate of drug-likeness (QED) is 0.644. The Morgan fingerprint density at radius 2 is 2.13 bits per heavy atom. The Morgan fingerprint density at radius 3 is 3.00 bits per heavy atom. The van der Waals surface area contributed by atoms with Crippen LogP contribution in [0.3, 0.4) is 0 Å². The molecule has 3 rings (SSSR count). The van der Waals surface area contributed by atoms with Gasteiger partial charge in [0.1, 0.15) is 18.1 Å². The Balaban J connectivity index is 2.18. The maximum atomic E-state index is 12.1. The number of carbonyl (C=O) groups excluding carboxylic acids is 1. The molecule has 0 radical (unpaired) electrons. The molecule has 76 valence electrons. The third kappa shape index (κ3) is 1.09. The van der Waals surface area contributed by atoms with E-state index in [9.17, 15) is 4.79 Å². The summed E-state index contributed by atoms with van der Waals surface area (Å²) in [6, 6.07) is 7.31. The van der Waals surface area contributed by atoms with E-state index in [4.69, 9.17) is 9.47 Å². The molecule has 2 aliphatic heterocycles. The zero-order valence-corrected chi connectivity index (χ0v) is 8.32. The molecule has 3 heteroatoms. The SMILES string of the molecule is CC1=C2C(=O)c3ccccc3OC2CO1. The van der Waals surface area contributed by atoms with Crippen LogP contribution in [0.25, 0.3) is 0 Å². The van der Waals surface area contributed by atoms with Gasteiger partial charge in [-0.2, -0.15) is 0 Å². The Labute approximate surface area is 87.3 Å². The topological polar surface area (TPSA) is 35.5 Å². The molecule has 0 spiro atoms. The summed E-state index contributed by atoms with van der Waals surface area (Å²) in [5.74, 6) is 1.39. The summed E-state index contributed by atoms with van der Waals surface area (Å²) in [6.45, 7) is 2.26. The van der Waals surface area contributed by atoms with E-state index in [2.05, 4.69) is 0 Å². The van der Waals surface area contributed by atoms with Crippen molar-refractivity contribution in [1.29, 1.82) is 0 Å². The van der Waals surface area contributed by atoms with Crippen molar-refractivity contribution in [3.8, 4) is 5.75 Å². The molecule has 15 heavy (non-hydrogen) atoms. The van der Waals surface area contributed by atoms with Gasteiger partial charge in [-0.25, -0.2) is 0 Å². The first-order valence-corrected chi connectivity index (χ1v) is 4.91. The van der Waals surface area contributed by atoms with E-state index < -0.39 is 0 Å². The van der Waals surface area contributed by atoms with Crippen LogP contribution in [0.15, 0.2) is 35.6 Å². The van der Waals surface area contributed by atoms with E-state index in [0.29, 0.717) is 29.3 Å². The van der Waals surface area contributed by atoms with Gasteiger partial charge in [0.25, 0.3) is 0 Å². The second-order valence-corrected chi connectivity index (χ2v) is 3.71. The highest BCUT2D eigenvalue weighted by Crippen LogP contribution is 2.35. The van der Waals surface area contributed by atoms with Crippen molar-refractivity contribution in [2.45, 2.75) is 13.0 Å². The highest BCUT2D eigenvalue weighted by molar-refractivity contribution is 6.12. The zero-order valence-electron chi connectivity index (χ0n) is 8.32. The molecule has 1 aromatic rings. The summed E-state index contributed by atoms with van der Waals surface area (Å²) in [6.07, 6.45) is -0.215. The highest BCUT2D eigenvalue weighted by atomic mass is 16.5. The van der Waals surface area contributed by atoms with Crippen molar-refractivity contribution in [2.75, 3.05) is 6.61 Å². The number of allylic oxidation sites excluding steroid dienone is 1. The largest absolute Gasteiger partial charge is 0.493 e. The van der Waals surface area contributed by atoms with Crippen molar-refractivity contribution >= 4 is 5.78 Å². The van der Waals surface area contributed by atoms with E-state index >= 15 is 0 Å². The third-order valence-electron chi connectivity index (χ3n) is 2.80. The molecule has 0 bridgehead atoms. The number of benzene rings is 1. The number of hydrogen-bond acceptors (Lipinski definition) is 3. The van der Waals surface area contributed by atoms with Gasteiger partial charge in [-0.1, -0.05) is 12.1 Å². The Bertz CT molecular complexity index is 474. The number of Topliss-reactive ketones (excluding diaryl/α,β-unsaturated/α-hetero) is 1. The molecule has 2 aliphatic rings. The van der Waals surface area contributed by atoms with Gasteiger partial charge in [0, 0.05) is 0 Å². The van der Waals surface area contributed by atoms with Gasteiger partial charge in [-0.15, -0.1) is 0 Å². The fourth-order valence-electron chi connectivity index (χ4n) is 2.04. The van der Waals surface area contributed by atoms with Gasteiger partial charge < -0.3 is 9.47 Å². The lowest BCUT2D eigenvalue weighted by Crippen LogP contribution is -2.29. The van der Waals surface area contributed by atoms with Crippen LogP contribution in [-0.2, 0) is 4.74 Å². The molecule has 0 aromatic heterocycles. The van der Waals surface area contributed by atoms with E-state index in [1.54, 1.807) is 6.07 Å². The molecule has 1 unspecified atom stereocenters. The van der Waals surface area contributed by atoms with E-state index in [0.717, 1.165) is 0 Å². The Hall–Kier alpha value is -1.77. The minimum absolute atomic E-state index is 0.0388. The average Bonchev–Trinajstić information content (AvgIpc) is 2.61. The summed E-state index contributed by atoms with van der Waals surface area (Å²) in [4.78, 5) is 12.1. The molecule has 1 atom stereocenters. The van der Waals surface area contributed by atoms with Crippen LogP contribution < -0.4 is 4.74 Å². The van der Waals surface area contributed by atoms with Crippen molar-refractivity contribution in [1.82, 2.24) is 0 Å². The van der Waals surface area contributed by atoms with E-state index in [1.165, 1.54) is 0 Å². The molecule has 0 N–H and O–H groups in total. The number of para-hydroxylation sites is 1. The van der Waals surface area contributed by atoms with Gasteiger partial charge in [-0.3, -0.25) is 4.79 Å². The van der Waals surface area contributed by atoms with E-state index in [-0.39, 0.29) is 11.9 Å². The first-order chi connectivity index (χ1) is 7.27. The van der Waals surface area contributed by atoms with Crippen LogP contribution in [0.2, 0.25) is 0 Å². The first kappa shape index (κ1) is 8.53. The van der Waals surface area contributed by atoms with Crippen LogP contribution >= 0.6 is 0 Å². The van der Waals surface area contributed by atoms with Crippen LogP contribution in [0.5, 0.6) is 5.75 Å². The maximum Gasteiger partial charge on any atom is 0.199 e. The number of fused-ring (bicyclic) bond motifs is 2. The minimum Gasteiger partial charge on any atom is -0.493 e. The summed E-state index contributed by atoms with van der Waals surface area (Å²) in [5.41, 5.74) is 1.31. The minimum atomic E-state index is -0.215. The van der Waals surface area contributed by atoms with Crippen LogP contribution in [-0.4, -0.2) is 18.5 Å². The molecule has 2 heterocycles. The number of hydrogen-bond donors (Lipinski definition) is 0. The predicted octanol–water partition coefficient (Wildman–Crippen LogP) is 1.93. The maximum absolute atomic E-state index is 12.1. The van der Waals surface area contributed by atoms with Crippen LogP contribution in [0.4, 0.5) is 0 Å². The number of ketones is 1. The lowest BCUT2D eigenvalue weighted by molar-refractivity contribution is 0.0948. The lowest BCUT2D eigenvalue weighted by atomic mass is 9.96. The van der Waals surface area contributed by atoms with Crippen molar-refractivity contribution < 1.29 is 14.3 Å². The molecule has 0 aliphatic carbocycles. The highest BCUT2D eigenvalue weighted by Gasteiger charge is 2.37. The Kier molecular flexibility index (Phi) is 1.63. The van der Waals surface area contributed by atoms with Gasteiger partial charge in [0.05, 0.1) is 11.1 Å². The number of ether oxygens (including phenoxy) is 2. The smallest absolute Gasteiger partial charge is 0.199 e. The molecule has 1 aromatic carbocycles. The summed E-state index contributed by atoms with van der Waals surface area (Å²) in [7, 11) is 0. The molecular formula is C12H10O3. The van der Waals surface area contributed by atoms with Crippen molar-refractivity contribution in [3.05, 3.63) is 41.2 Å². The second-order valence-electron chi connectivity index (χ2n) is 3.71. The van der Waals surface area contributed by atoms with Crippen molar-refractivity contribution in [2.24, 2.45) is 0 Å². The van der Waals surface area contributed by atoms with E-state index in [1.807, 2.05) is 25.1 Å². The predicted molar refractivity (Wildman–Crippen MR) is 53.8 cm³/mol. The first-order valence-electron chi connectivity index (χ1n) is 4.91. The molecule has 0 saturated carbocycles. The standard InChI is InChI=1S/C12H10O3/c1-7-11-10(6-14-7)15-9-5-3-2-4-8(9)12(11)13/h2-5,10H,6H2,1H3. The summed E-state index contributed by atoms with van der Waals surface area (Å²) in [5, 5.41) is 0. The fraction of sp³-hybridized carbons (Fsp3) is 0.250. The monoisotopic (exact) mass is 202 g/mol. The fourth-order valence-corrected chi connectivity index (χ4v) is 2.04. The van der Waals surface area contributed by atoms with Gasteiger partial charge in [-0.05, 0) is 19.1 Å². The average molecular weight is 202 g/mol. The molecule has 0 amide bonds. The third-order valence-corrected chi connectivity index (χ3v) is 2.80. The summed E-state index contributed by atoms with van der Waals surface area (Å²) < 4.78 is 11.0. The zero-order chi connectivity index (χ0) is 10.4. The van der Waals surface area contributed by atoms with Crippen LogP contribution in [0, 0.1) is 0 Å². The summed E-state index contributed by atoms with van der Waals surface area (Å²) >= 11 is 0. The normalized spacial score (nSPS) is 23.0. The number of rotatable bonds is 0. The van der Waals surface area contributed by atoms with Crippen molar-refractivity contribution in [3.63, 3.8) is 0 Å². The van der Waals surface area contributed by atoms with Gasteiger partial charge in [0.2, 0.25) is 0 Å². The lowest BCUT2D eigenvalue weighted by Gasteiger charge is -2.22. The second kappa shape index (κ2) is 2.86. The Morgan fingerprint density at radius 1 is 1.33 bits per heavy atom. The van der Waals surface area contributed by atoms with Gasteiger partial charge >= 0.3 is 0 Å². The molecule has 0 fully saturated rings. The van der Waals surface area contributed by atoms with Gasteiger partial charge in [0.15, 0.2) is 11.9 Å². The molecule has 0 saturated heterocycles.